The van der Waals surface area contributed by atoms with Crippen molar-refractivity contribution in [2.24, 2.45) is 0 Å². The van der Waals surface area contributed by atoms with E-state index in [1.807, 2.05) is 48.6 Å². The topological polar surface area (TPSA) is 158 Å². The molecule has 4 aromatic rings. The molecule has 0 amide bonds. The predicted octanol–water partition coefficient (Wildman–Crippen LogP) is 10.8. The van der Waals surface area contributed by atoms with Gasteiger partial charge in [-0.15, -0.1) is 0 Å². The summed E-state index contributed by atoms with van der Waals surface area (Å²) in [5.41, 5.74) is 3.59. The fourth-order valence-electron chi connectivity index (χ4n) is 4.38. The second-order valence-electron chi connectivity index (χ2n) is 12.2. The molecule has 0 aliphatic carbocycles. The third-order valence-electron chi connectivity index (χ3n) is 7.37. The molecular formula is C46H42Cl2F2O12. The van der Waals surface area contributed by atoms with Crippen LogP contribution in [-0.4, -0.2) is 36.8 Å². The fraction of sp³-hybridized carbons (Fsp3) is 0.174. The van der Waals surface area contributed by atoms with Gasteiger partial charge < -0.3 is 0 Å². The predicted molar refractivity (Wildman–Crippen MR) is 227 cm³/mol. The molecule has 16 heteroatoms. The van der Waals surface area contributed by atoms with Crippen LogP contribution < -0.4 is 0 Å². The van der Waals surface area contributed by atoms with E-state index < -0.39 is 23.9 Å². The Balaban J connectivity index is 0.000000377. The van der Waals surface area contributed by atoms with E-state index in [1.54, 1.807) is 72.8 Å². The van der Waals surface area contributed by atoms with Gasteiger partial charge in [0.05, 0.1) is 25.7 Å². The van der Waals surface area contributed by atoms with Gasteiger partial charge in [-0.1, -0.05) is 120 Å². The molecule has 4 aromatic carbocycles. The monoisotopic (exact) mass is 894 g/mol. The molecule has 0 saturated heterocycles. The summed E-state index contributed by atoms with van der Waals surface area (Å²) in [4.78, 5) is 89.1. The zero-order valence-electron chi connectivity index (χ0n) is 33.1. The standard InChI is InChI=1S/C22H20Cl2O4.C22H20F2O4.C2H2O4/c2*23-19-13-9-17(10-14-19)5-1-3-7-21(25)27-28-22(26)8-4-2-6-18-11-15-20(24)16-12-18;3-1-5-6-2-4/h2*1-2,5-6,9-16H,3-4,7-8H2;1-2H/b2*5-1+,6-2+;. The Bertz CT molecular complexity index is 1790. The molecule has 0 aromatic heterocycles. The number of benzene rings is 4. The Hall–Kier alpha value is -6.90. The highest BCUT2D eigenvalue weighted by atomic mass is 35.5. The van der Waals surface area contributed by atoms with Gasteiger partial charge in [0.2, 0.25) is 0 Å². The first kappa shape index (κ1) is 51.2. The minimum absolute atomic E-state index is 0.00833. The quantitative estimate of drug-likeness (QED) is 0.0380. The Kier molecular flexibility index (Phi) is 26.4. The number of carbonyl (C=O) groups excluding carboxylic acids is 6. The summed E-state index contributed by atoms with van der Waals surface area (Å²) in [5.74, 6) is -3.11. The highest BCUT2D eigenvalue weighted by Crippen LogP contribution is 2.13. The van der Waals surface area contributed by atoms with Crippen molar-refractivity contribution in [3.05, 3.63) is 165 Å². The van der Waals surface area contributed by atoms with E-state index in [-0.39, 0.29) is 50.3 Å². The first-order valence-corrected chi connectivity index (χ1v) is 19.4. The van der Waals surface area contributed by atoms with Crippen LogP contribution in [0.5, 0.6) is 0 Å². The Labute approximate surface area is 366 Å². The third-order valence-corrected chi connectivity index (χ3v) is 7.87. The number of halogens is 4. The van der Waals surface area contributed by atoms with Gasteiger partial charge in [-0.05, 0) is 96.5 Å². The van der Waals surface area contributed by atoms with Gasteiger partial charge in [0.25, 0.3) is 0 Å². The maximum atomic E-state index is 12.8. The molecule has 0 saturated carbocycles. The summed E-state index contributed by atoms with van der Waals surface area (Å²) in [5, 5.41) is 1.34. The van der Waals surface area contributed by atoms with E-state index in [9.17, 15) is 28.0 Å². The molecule has 0 atom stereocenters. The highest BCUT2D eigenvalue weighted by Gasteiger charge is 2.09. The van der Waals surface area contributed by atoms with Crippen LogP contribution in [0.4, 0.5) is 8.78 Å². The smallest absolute Gasteiger partial charge is 0.251 e. The maximum Gasteiger partial charge on any atom is 0.355 e. The average molecular weight is 896 g/mol. The van der Waals surface area contributed by atoms with E-state index in [0.717, 1.165) is 22.3 Å². The zero-order valence-corrected chi connectivity index (χ0v) is 34.6. The number of allylic oxidation sites excluding steroid dienone is 4. The van der Waals surface area contributed by atoms with Gasteiger partial charge >= 0.3 is 36.8 Å². The van der Waals surface area contributed by atoms with Crippen LogP contribution in [0.2, 0.25) is 10.0 Å². The van der Waals surface area contributed by atoms with E-state index in [0.29, 0.717) is 35.7 Å². The average Bonchev–Trinajstić information content (AvgIpc) is 3.27. The lowest BCUT2D eigenvalue weighted by atomic mass is 10.2. The van der Waals surface area contributed by atoms with Gasteiger partial charge in [0, 0.05) is 10.0 Å². The van der Waals surface area contributed by atoms with Crippen molar-refractivity contribution in [1.82, 2.24) is 0 Å². The van der Waals surface area contributed by atoms with Crippen molar-refractivity contribution in [2.75, 3.05) is 0 Å². The Morgan fingerprint density at radius 3 is 0.855 bits per heavy atom. The second kappa shape index (κ2) is 31.9. The van der Waals surface area contributed by atoms with E-state index in [4.69, 9.17) is 32.8 Å². The van der Waals surface area contributed by atoms with Crippen molar-refractivity contribution in [2.45, 2.75) is 51.4 Å². The zero-order chi connectivity index (χ0) is 45.2. The molecule has 0 radical (unpaired) electrons. The van der Waals surface area contributed by atoms with Crippen molar-refractivity contribution in [3.8, 4) is 0 Å². The first-order chi connectivity index (χ1) is 30.0. The number of carbonyl (C=O) groups is 6. The molecule has 0 spiro atoms. The van der Waals surface area contributed by atoms with Crippen LogP contribution in [0.1, 0.15) is 73.6 Å². The SMILES string of the molecule is O=C(CC/C=C/c1ccc(Cl)cc1)OOC(=O)CC/C=C/c1ccc(Cl)cc1.O=C(CC/C=C/c1ccc(F)cc1)OOC(=O)CC/C=C/c1ccc(F)cc1.O=COOC=O. The van der Waals surface area contributed by atoms with Gasteiger partial charge in [-0.25, -0.2) is 47.5 Å². The first-order valence-electron chi connectivity index (χ1n) is 18.7. The molecule has 0 N–H and O–H groups in total. The Morgan fingerprint density at radius 1 is 0.403 bits per heavy atom. The molecule has 0 fully saturated rings. The lowest BCUT2D eigenvalue weighted by Gasteiger charge is -2.01. The molecule has 326 valence electrons. The maximum absolute atomic E-state index is 12.8. The summed E-state index contributed by atoms with van der Waals surface area (Å²) in [7, 11) is 0. The molecule has 0 bridgehead atoms. The minimum Gasteiger partial charge on any atom is -0.251 e. The lowest BCUT2D eigenvalue weighted by molar-refractivity contribution is -0.259. The van der Waals surface area contributed by atoms with Crippen LogP contribution >= 0.6 is 23.2 Å². The molecule has 0 aliphatic heterocycles. The molecule has 12 nitrogen and oxygen atoms in total. The van der Waals surface area contributed by atoms with E-state index >= 15 is 0 Å². The van der Waals surface area contributed by atoms with Gasteiger partial charge in [0.15, 0.2) is 0 Å². The Morgan fingerprint density at radius 2 is 0.629 bits per heavy atom. The van der Waals surface area contributed by atoms with Gasteiger partial charge in [-0.2, -0.15) is 0 Å². The number of hydrogen-bond donors (Lipinski definition) is 0. The summed E-state index contributed by atoms with van der Waals surface area (Å²) in [6.07, 6.45) is 16.5. The van der Waals surface area contributed by atoms with Gasteiger partial charge in [0.1, 0.15) is 11.6 Å². The van der Waals surface area contributed by atoms with Crippen LogP contribution in [-0.2, 0) is 58.1 Å². The number of rotatable bonds is 19. The highest BCUT2D eigenvalue weighted by molar-refractivity contribution is 6.30. The second-order valence-corrected chi connectivity index (χ2v) is 13.0. The summed E-state index contributed by atoms with van der Waals surface area (Å²) >= 11 is 11.6. The largest absolute Gasteiger partial charge is 0.355 e. The summed E-state index contributed by atoms with van der Waals surface area (Å²) in [6, 6.07) is 26.6. The van der Waals surface area contributed by atoms with Gasteiger partial charge in [-0.3, -0.25) is 19.4 Å². The number of hydrogen-bond acceptors (Lipinski definition) is 12. The van der Waals surface area contributed by atoms with Crippen molar-refractivity contribution >= 4 is 84.3 Å². The van der Waals surface area contributed by atoms with Crippen molar-refractivity contribution < 1.29 is 66.9 Å². The van der Waals surface area contributed by atoms with Crippen LogP contribution in [0.25, 0.3) is 24.3 Å². The van der Waals surface area contributed by atoms with Crippen LogP contribution in [0.3, 0.4) is 0 Å². The van der Waals surface area contributed by atoms with Crippen molar-refractivity contribution in [1.29, 1.82) is 0 Å². The van der Waals surface area contributed by atoms with Crippen molar-refractivity contribution in [3.63, 3.8) is 0 Å². The molecule has 0 heterocycles. The van der Waals surface area contributed by atoms with E-state index in [1.165, 1.54) is 24.3 Å². The summed E-state index contributed by atoms with van der Waals surface area (Å²) < 4.78 is 25.6. The lowest BCUT2D eigenvalue weighted by Crippen LogP contribution is -2.10. The van der Waals surface area contributed by atoms with Crippen LogP contribution in [0, 0.1) is 11.6 Å². The normalized spacial score (nSPS) is 10.6. The molecule has 62 heavy (non-hydrogen) atoms. The molecular weight excluding hydrogens is 853 g/mol. The molecule has 4 rings (SSSR count). The molecule has 0 aliphatic rings. The van der Waals surface area contributed by atoms with E-state index in [2.05, 4.69) is 29.3 Å². The minimum atomic E-state index is -0.654. The molecule has 0 unspecified atom stereocenters. The fourth-order valence-corrected chi connectivity index (χ4v) is 4.63. The summed E-state index contributed by atoms with van der Waals surface area (Å²) in [6.45, 7) is 0.0167. The third kappa shape index (κ3) is 26.3. The van der Waals surface area contributed by atoms with Crippen LogP contribution in [0.15, 0.2) is 121 Å².